The zero-order chi connectivity index (χ0) is 22.1. The standard InChI is InChI=1S/C24H19FN5OS/c1-15-3-6-20(17(25)11-15)31-21-7-9-26-19-12-22(32-24(19)21)18-5-4-16(13-27-18)14-28-23-8-10-30(2)29-23/h3-13H,14H2,1-2H3/q-1. The minimum atomic E-state index is -0.389. The van der Waals surface area contributed by atoms with E-state index >= 15 is 0 Å². The van der Waals surface area contributed by atoms with Gasteiger partial charge in [0, 0.05) is 31.7 Å². The summed E-state index contributed by atoms with van der Waals surface area (Å²) < 4.78 is 22.7. The maximum absolute atomic E-state index is 14.3. The first kappa shape index (κ1) is 20.1. The molecule has 4 aromatic heterocycles. The van der Waals surface area contributed by atoms with Crippen LogP contribution in [0.5, 0.6) is 11.5 Å². The Hall–Kier alpha value is -3.78. The van der Waals surface area contributed by atoms with Crippen LogP contribution in [-0.2, 0) is 13.6 Å². The van der Waals surface area contributed by atoms with Crippen molar-refractivity contribution in [3.8, 4) is 22.1 Å². The number of aryl methyl sites for hydroxylation is 2. The average molecular weight is 445 g/mol. The van der Waals surface area contributed by atoms with Gasteiger partial charge in [-0.15, -0.1) is 11.3 Å². The van der Waals surface area contributed by atoms with E-state index in [1.54, 1.807) is 23.0 Å². The average Bonchev–Trinajstić information content (AvgIpc) is 3.41. The highest BCUT2D eigenvalue weighted by molar-refractivity contribution is 7.22. The second kappa shape index (κ2) is 8.39. The van der Waals surface area contributed by atoms with E-state index < -0.39 is 0 Å². The maximum atomic E-state index is 14.3. The van der Waals surface area contributed by atoms with Crippen molar-refractivity contribution in [2.75, 3.05) is 0 Å². The fourth-order valence-corrected chi connectivity index (χ4v) is 4.29. The van der Waals surface area contributed by atoms with Gasteiger partial charge in [0.15, 0.2) is 11.6 Å². The van der Waals surface area contributed by atoms with E-state index in [1.807, 2.05) is 56.7 Å². The molecule has 0 atom stereocenters. The summed E-state index contributed by atoms with van der Waals surface area (Å²) in [4.78, 5) is 9.99. The Morgan fingerprint density at radius 1 is 1.06 bits per heavy atom. The van der Waals surface area contributed by atoms with Gasteiger partial charge in [-0.3, -0.25) is 9.97 Å². The van der Waals surface area contributed by atoms with E-state index in [4.69, 9.17) is 4.74 Å². The molecule has 5 aromatic rings. The third-order valence-electron chi connectivity index (χ3n) is 4.88. The molecule has 6 nitrogen and oxygen atoms in total. The van der Waals surface area contributed by atoms with Gasteiger partial charge in [0.25, 0.3) is 0 Å². The molecule has 8 heteroatoms. The molecule has 0 spiro atoms. The van der Waals surface area contributed by atoms with E-state index in [2.05, 4.69) is 20.4 Å². The van der Waals surface area contributed by atoms with Crippen LogP contribution in [0.25, 0.3) is 26.1 Å². The number of hydrogen-bond donors (Lipinski definition) is 0. The predicted molar refractivity (Wildman–Crippen MR) is 124 cm³/mol. The van der Waals surface area contributed by atoms with Crippen molar-refractivity contribution < 1.29 is 9.13 Å². The molecule has 0 aliphatic heterocycles. The second-order valence-electron chi connectivity index (χ2n) is 7.39. The Bertz CT molecular complexity index is 1390. The largest absolute Gasteiger partial charge is 0.460 e. The molecular formula is C24H19FN5OS-. The van der Waals surface area contributed by atoms with E-state index in [9.17, 15) is 4.39 Å². The normalized spacial score (nSPS) is 11.1. The predicted octanol–water partition coefficient (Wildman–Crippen LogP) is 6.54. The van der Waals surface area contributed by atoms with Crippen LogP contribution in [0.4, 0.5) is 10.2 Å². The number of hydrogen-bond acceptors (Lipinski definition) is 5. The van der Waals surface area contributed by atoms with Gasteiger partial charge in [0.2, 0.25) is 0 Å². The maximum Gasteiger partial charge on any atom is 0.165 e. The van der Waals surface area contributed by atoms with Crippen molar-refractivity contribution in [2.45, 2.75) is 13.5 Å². The molecule has 0 saturated heterocycles. The Balaban J connectivity index is 1.37. The Morgan fingerprint density at radius 3 is 2.72 bits per heavy atom. The van der Waals surface area contributed by atoms with E-state index in [0.29, 0.717) is 18.1 Å². The van der Waals surface area contributed by atoms with Crippen LogP contribution in [0.1, 0.15) is 11.1 Å². The molecule has 32 heavy (non-hydrogen) atoms. The van der Waals surface area contributed by atoms with Gasteiger partial charge in [-0.25, -0.2) is 4.39 Å². The zero-order valence-corrected chi connectivity index (χ0v) is 18.3. The van der Waals surface area contributed by atoms with Gasteiger partial charge in [0.1, 0.15) is 5.75 Å². The van der Waals surface area contributed by atoms with Crippen molar-refractivity contribution in [3.63, 3.8) is 0 Å². The molecule has 0 amide bonds. The molecule has 4 heterocycles. The Morgan fingerprint density at radius 2 is 1.97 bits per heavy atom. The lowest BCUT2D eigenvalue weighted by molar-refractivity contribution is 0.446. The van der Waals surface area contributed by atoms with Crippen molar-refractivity contribution >= 4 is 27.4 Å². The first-order chi connectivity index (χ1) is 15.5. The summed E-state index contributed by atoms with van der Waals surface area (Å²) in [6.07, 6.45) is 5.34. The molecule has 0 N–H and O–H groups in total. The van der Waals surface area contributed by atoms with Crippen LogP contribution < -0.4 is 4.74 Å². The highest BCUT2D eigenvalue weighted by atomic mass is 32.1. The summed E-state index contributed by atoms with van der Waals surface area (Å²) in [5, 5.41) is 8.72. The highest BCUT2D eigenvalue weighted by Crippen LogP contribution is 2.39. The molecule has 1 aromatic carbocycles. The number of halogens is 1. The number of fused-ring (bicyclic) bond motifs is 1. The Labute approximate surface area is 188 Å². The van der Waals surface area contributed by atoms with Gasteiger partial charge >= 0.3 is 0 Å². The Kier molecular flexibility index (Phi) is 5.28. The summed E-state index contributed by atoms with van der Waals surface area (Å²) in [6.45, 7) is 2.35. The number of pyridine rings is 2. The molecule has 0 saturated carbocycles. The van der Waals surface area contributed by atoms with Gasteiger partial charge in [-0.1, -0.05) is 12.1 Å². The number of benzene rings is 1. The molecule has 0 fully saturated rings. The number of nitrogens with zero attached hydrogens (tertiary/aromatic N) is 5. The number of thiophene rings is 1. The molecule has 0 aliphatic carbocycles. The topological polar surface area (TPSA) is 66.9 Å². The van der Waals surface area contributed by atoms with Crippen LogP contribution in [0.2, 0.25) is 0 Å². The van der Waals surface area contributed by atoms with Crippen LogP contribution >= 0.6 is 11.3 Å². The van der Waals surface area contributed by atoms with E-state index in [1.165, 1.54) is 17.4 Å². The van der Waals surface area contributed by atoms with Gasteiger partial charge in [-0.2, -0.15) is 0 Å². The molecule has 0 aliphatic rings. The fraction of sp³-hybridized carbons (Fsp3) is 0.125. The molecule has 160 valence electrons. The zero-order valence-electron chi connectivity index (χ0n) is 17.5. The summed E-state index contributed by atoms with van der Waals surface area (Å²) >= 11 is 1.52. The molecular weight excluding hydrogens is 425 g/mol. The first-order valence-corrected chi connectivity index (χ1v) is 10.8. The van der Waals surface area contributed by atoms with Crippen molar-refractivity contribution in [3.05, 3.63) is 89.4 Å². The van der Waals surface area contributed by atoms with Crippen LogP contribution in [0.3, 0.4) is 0 Å². The lowest BCUT2D eigenvalue weighted by atomic mass is 10.2. The fourth-order valence-electron chi connectivity index (χ4n) is 3.25. The molecule has 0 bridgehead atoms. The third-order valence-corrected chi connectivity index (χ3v) is 6.04. The minimum absolute atomic E-state index is 0.192. The molecule has 5 rings (SSSR count). The van der Waals surface area contributed by atoms with Gasteiger partial charge in [0.05, 0.1) is 20.8 Å². The highest BCUT2D eigenvalue weighted by Gasteiger charge is 2.13. The van der Waals surface area contributed by atoms with E-state index in [-0.39, 0.29) is 11.6 Å². The molecule has 0 radical (unpaired) electrons. The van der Waals surface area contributed by atoms with Crippen LogP contribution in [0.15, 0.2) is 67.1 Å². The monoisotopic (exact) mass is 444 g/mol. The SMILES string of the molecule is Cc1ccc(Oc2ccnc3cc(-c4ccc(C[N-]c5ccn(C)n5)cn4)sc23)c(F)c1. The van der Waals surface area contributed by atoms with Crippen molar-refractivity contribution in [1.82, 2.24) is 19.7 Å². The summed E-state index contributed by atoms with van der Waals surface area (Å²) in [6, 6.07) is 14.5. The minimum Gasteiger partial charge on any atom is -0.460 e. The molecule has 0 unspecified atom stereocenters. The number of ether oxygens (including phenoxy) is 1. The lowest BCUT2D eigenvalue weighted by Gasteiger charge is -2.11. The smallest absolute Gasteiger partial charge is 0.165 e. The first-order valence-electron chi connectivity index (χ1n) is 10.0. The second-order valence-corrected chi connectivity index (χ2v) is 8.44. The number of aromatic nitrogens is 4. The van der Waals surface area contributed by atoms with Gasteiger partial charge < -0.3 is 19.8 Å². The summed E-state index contributed by atoms with van der Waals surface area (Å²) in [7, 11) is 1.86. The summed E-state index contributed by atoms with van der Waals surface area (Å²) in [5.74, 6) is 1.07. The van der Waals surface area contributed by atoms with Crippen molar-refractivity contribution in [2.24, 2.45) is 7.05 Å². The van der Waals surface area contributed by atoms with Crippen LogP contribution in [-0.4, -0.2) is 19.7 Å². The summed E-state index contributed by atoms with van der Waals surface area (Å²) in [5.41, 5.74) is 3.46. The third kappa shape index (κ3) is 4.17. The van der Waals surface area contributed by atoms with E-state index in [0.717, 1.165) is 31.9 Å². The van der Waals surface area contributed by atoms with Gasteiger partial charge in [-0.05, 0) is 60.7 Å². The lowest BCUT2D eigenvalue weighted by Crippen LogP contribution is -1.89. The quantitative estimate of drug-likeness (QED) is 0.298. The van der Waals surface area contributed by atoms with Crippen LogP contribution in [0, 0.1) is 12.7 Å². The number of rotatable bonds is 6. The van der Waals surface area contributed by atoms with Crippen molar-refractivity contribution in [1.29, 1.82) is 0 Å².